The highest BCUT2D eigenvalue weighted by molar-refractivity contribution is 6.42. The maximum absolute atomic E-state index is 13.7. The summed E-state index contributed by atoms with van der Waals surface area (Å²) in [7, 11) is 0. The van der Waals surface area contributed by atoms with Gasteiger partial charge < -0.3 is 19.8 Å². The highest BCUT2D eigenvalue weighted by Gasteiger charge is 2.31. The molecule has 0 atom stereocenters. The molecule has 0 bridgehead atoms. The zero-order valence-corrected chi connectivity index (χ0v) is 21.8. The summed E-state index contributed by atoms with van der Waals surface area (Å²) in [5, 5.41) is 20.0. The molecule has 0 saturated carbocycles. The Bertz CT molecular complexity index is 1390. The number of aromatic hydroxyl groups is 1. The van der Waals surface area contributed by atoms with E-state index < -0.39 is 40.0 Å². The molecule has 0 aromatic heterocycles. The summed E-state index contributed by atoms with van der Waals surface area (Å²) in [6.07, 6.45) is 1.02. The van der Waals surface area contributed by atoms with Crippen LogP contribution >= 0.6 is 23.2 Å². The lowest BCUT2D eigenvalue weighted by molar-refractivity contribution is 0.0377. The van der Waals surface area contributed by atoms with E-state index in [4.69, 9.17) is 27.9 Å². The van der Waals surface area contributed by atoms with E-state index in [9.17, 15) is 24.6 Å². The van der Waals surface area contributed by atoms with Crippen LogP contribution in [0.5, 0.6) is 5.75 Å². The molecule has 1 heterocycles. The quantitative estimate of drug-likeness (QED) is 0.273. The molecule has 0 saturated heterocycles. The number of anilines is 1. The van der Waals surface area contributed by atoms with Gasteiger partial charge in [-0.1, -0.05) is 53.5 Å². The topological polar surface area (TPSA) is 104 Å². The van der Waals surface area contributed by atoms with Crippen molar-refractivity contribution in [3.63, 3.8) is 0 Å². The Labute approximate surface area is 224 Å². The molecule has 4 rings (SSSR count). The SMILES string of the molecule is CC(C)OC(=O)c1cc(Cl)c(C(=O)O)c(C(=O)c2cc3c(cc2O)N(Cc2ccccc2)CCC3)c1Cl. The van der Waals surface area contributed by atoms with Gasteiger partial charge in [0, 0.05) is 24.8 Å². The van der Waals surface area contributed by atoms with Gasteiger partial charge in [0.2, 0.25) is 0 Å². The van der Waals surface area contributed by atoms with Crippen LogP contribution in [0, 0.1) is 0 Å². The number of hydrogen-bond acceptors (Lipinski definition) is 6. The molecule has 1 aliphatic heterocycles. The van der Waals surface area contributed by atoms with Crippen molar-refractivity contribution in [2.75, 3.05) is 11.4 Å². The number of aromatic carboxylic acids is 1. The molecular formula is C28H25Cl2NO6. The molecule has 3 aromatic carbocycles. The maximum atomic E-state index is 13.7. The number of phenolic OH excluding ortho intramolecular Hbond substituents is 1. The zero-order chi connectivity index (χ0) is 26.9. The standard InChI is InChI=1S/C28H25Cl2NO6/c1-15(2)37-28(36)19-12-20(29)23(27(34)35)24(25(19)30)26(33)18-11-17-9-6-10-31(21(17)13-22(18)32)14-16-7-4-3-5-8-16/h3-5,7-8,11-13,15,32H,6,9-10,14H2,1-2H3,(H,34,35). The fourth-order valence-electron chi connectivity index (χ4n) is 4.46. The number of nitrogens with zero attached hydrogens (tertiary/aromatic N) is 1. The fourth-order valence-corrected chi connectivity index (χ4v) is 5.05. The third-order valence-electron chi connectivity index (χ3n) is 6.09. The second kappa shape index (κ2) is 10.8. The van der Waals surface area contributed by atoms with Crippen molar-refractivity contribution in [2.45, 2.75) is 39.3 Å². The predicted octanol–water partition coefficient (Wildman–Crippen LogP) is 6.15. The van der Waals surface area contributed by atoms with Crippen LogP contribution in [0.25, 0.3) is 0 Å². The smallest absolute Gasteiger partial charge is 0.339 e. The third-order valence-corrected chi connectivity index (χ3v) is 6.78. The summed E-state index contributed by atoms with van der Waals surface area (Å²) in [5.41, 5.74) is 1.33. The number of carbonyl (C=O) groups excluding carboxylic acids is 2. The Hall–Kier alpha value is -3.55. The normalized spacial score (nSPS) is 12.8. The fraction of sp³-hybridized carbons (Fsp3) is 0.250. The summed E-state index contributed by atoms with van der Waals surface area (Å²) in [6.45, 7) is 4.68. The molecule has 1 aliphatic rings. The first-order chi connectivity index (χ1) is 17.6. The van der Waals surface area contributed by atoms with Gasteiger partial charge in [-0.3, -0.25) is 4.79 Å². The van der Waals surface area contributed by atoms with Crippen molar-refractivity contribution in [3.05, 3.63) is 92.0 Å². The van der Waals surface area contributed by atoms with Crippen LogP contribution in [0.2, 0.25) is 10.0 Å². The van der Waals surface area contributed by atoms with Crippen LogP contribution in [0.1, 0.15) is 68.0 Å². The van der Waals surface area contributed by atoms with Gasteiger partial charge in [0.1, 0.15) is 5.75 Å². The number of carbonyl (C=O) groups is 3. The average Bonchev–Trinajstić information content (AvgIpc) is 2.84. The second-order valence-corrected chi connectivity index (χ2v) is 9.85. The van der Waals surface area contributed by atoms with Gasteiger partial charge in [-0.05, 0) is 49.9 Å². The minimum absolute atomic E-state index is 0.129. The van der Waals surface area contributed by atoms with Gasteiger partial charge in [-0.25, -0.2) is 9.59 Å². The number of halogens is 2. The van der Waals surface area contributed by atoms with E-state index in [1.54, 1.807) is 19.9 Å². The number of carboxylic acids is 1. The number of esters is 1. The van der Waals surface area contributed by atoms with Crippen molar-refractivity contribution < 1.29 is 29.3 Å². The van der Waals surface area contributed by atoms with E-state index in [0.29, 0.717) is 13.0 Å². The summed E-state index contributed by atoms with van der Waals surface area (Å²) >= 11 is 12.6. The first-order valence-corrected chi connectivity index (χ1v) is 12.5. The molecule has 7 nitrogen and oxygen atoms in total. The number of carboxylic acid groups (broad SMARTS) is 1. The molecule has 9 heteroatoms. The summed E-state index contributed by atoms with van der Waals surface area (Å²) in [6, 6.07) is 14.0. The largest absolute Gasteiger partial charge is 0.507 e. The van der Waals surface area contributed by atoms with Gasteiger partial charge in [0.15, 0.2) is 5.78 Å². The van der Waals surface area contributed by atoms with E-state index in [1.165, 1.54) is 6.07 Å². The van der Waals surface area contributed by atoms with Crippen LogP contribution in [-0.2, 0) is 17.7 Å². The molecule has 0 spiro atoms. The van der Waals surface area contributed by atoms with Gasteiger partial charge >= 0.3 is 11.9 Å². The zero-order valence-electron chi connectivity index (χ0n) is 20.3. The highest BCUT2D eigenvalue weighted by atomic mass is 35.5. The van der Waals surface area contributed by atoms with Crippen LogP contribution in [-0.4, -0.2) is 40.6 Å². The molecule has 0 aliphatic carbocycles. The highest BCUT2D eigenvalue weighted by Crippen LogP contribution is 2.38. The Kier molecular flexibility index (Phi) is 7.76. The Balaban J connectivity index is 1.79. The number of aryl methyl sites for hydroxylation is 1. The lowest BCUT2D eigenvalue weighted by atomic mass is 9.91. The number of hydrogen-bond donors (Lipinski definition) is 2. The second-order valence-electron chi connectivity index (χ2n) is 9.07. The maximum Gasteiger partial charge on any atom is 0.339 e. The summed E-state index contributed by atoms with van der Waals surface area (Å²) in [5.74, 6) is -3.53. The molecule has 0 unspecified atom stereocenters. The lowest BCUT2D eigenvalue weighted by Gasteiger charge is -2.32. The van der Waals surface area contributed by atoms with Crippen LogP contribution in [0.15, 0.2) is 48.5 Å². The Morgan fingerprint density at radius 2 is 1.73 bits per heavy atom. The molecular weight excluding hydrogens is 517 g/mol. The predicted molar refractivity (Wildman–Crippen MR) is 141 cm³/mol. The third kappa shape index (κ3) is 5.43. The minimum Gasteiger partial charge on any atom is -0.507 e. The van der Waals surface area contributed by atoms with Crippen molar-refractivity contribution >= 4 is 46.6 Å². The van der Waals surface area contributed by atoms with Crippen LogP contribution in [0.3, 0.4) is 0 Å². The Morgan fingerprint density at radius 1 is 1.03 bits per heavy atom. The Morgan fingerprint density at radius 3 is 2.38 bits per heavy atom. The van der Waals surface area contributed by atoms with E-state index in [0.717, 1.165) is 35.8 Å². The number of phenols is 1. The summed E-state index contributed by atoms with van der Waals surface area (Å²) in [4.78, 5) is 40.4. The minimum atomic E-state index is -1.49. The molecule has 3 aromatic rings. The van der Waals surface area contributed by atoms with Crippen LogP contribution < -0.4 is 4.90 Å². The number of fused-ring (bicyclic) bond motifs is 1. The molecule has 0 fully saturated rings. The van der Waals surface area contributed by atoms with Crippen molar-refractivity contribution in [1.82, 2.24) is 0 Å². The average molecular weight is 542 g/mol. The van der Waals surface area contributed by atoms with Gasteiger partial charge in [-0.15, -0.1) is 0 Å². The monoisotopic (exact) mass is 541 g/mol. The van der Waals surface area contributed by atoms with E-state index >= 15 is 0 Å². The number of rotatable bonds is 7. The van der Waals surface area contributed by atoms with Crippen LogP contribution in [0.4, 0.5) is 5.69 Å². The van der Waals surface area contributed by atoms with Crippen molar-refractivity contribution in [1.29, 1.82) is 0 Å². The van der Waals surface area contributed by atoms with E-state index in [1.807, 2.05) is 30.3 Å². The first-order valence-electron chi connectivity index (χ1n) is 11.7. The van der Waals surface area contributed by atoms with E-state index in [-0.39, 0.29) is 21.9 Å². The van der Waals surface area contributed by atoms with Crippen molar-refractivity contribution in [2.24, 2.45) is 0 Å². The number of ether oxygens (including phenoxy) is 1. The molecule has 0 radical (unpaired) electrons. The molecule has 37 heavy (non-hydrogen) atoms. The summed E-state index contributed by atoms with van der Waals surface area (Å²) < 4.78 is 5.18. The molecule has 2 N–H and O–H groups in total. The van der Waals surface area contributed by atoms with Gasteiger partial charge in [0.05, 0.1) is 38.4 Å². The van der Waals surface area contributed by atoms with Gasteiger partial charge in [-0.2, -0.15) is 0 Å². The van der Waals surface area contributed by atoms with Gasteiger partial charge in [0.25, 0.3) is 0 Å². The molecule has 192 valence electrons. The number of benzene rings is 3. The first kappa shape index (κ1) is 26.5. The van der Waals surface area contributed by atoms with E-state index in [2.05, 4.69) is 4.90 Å². The van der Waals surface area contributed by atoms with Crippen molar-refractivity contribution in [3.8, 4) is 5.75 Å². The lowest BCUT2D eigenvalue weighted by Crippen LogP contribution is -2.29. The molecule has 0 amide bonds. The number of ketones is 1.